The van der Waals surface area contributed by atoms with Gasteiger partial charge in [-0.2, -0.15) is 0 Å². The number of aromatic nitrogens is 1. The molecule has 0 saturated heterocycles. The second kappa shape index (κ2) is 10.6. The van der Waals surface area contributed by atoms with Crippen LogP contribution in [0.2, 0.25) is 0 Å². The van der Waals surface area contributed by atoms with Crippen LogP contribution in [-0.2, 0) is 6.42 Å². The highest BCUT2D eigenvalue weighted by molar-refractivity contribution is 14.0. The number of halogens is 1. The number of thiazole rings is 1. The minimum absolute atomic E-state index is 0. The van der Waals surface area contributed by atoms with Crippen molar-refractivity contribution >= 4 is 52.0 Å². The summed E-state index contributed by atoms with van der Waals surface area (Å²) in [7, 11) is 0. The highest BCUT2D eigenvalue weighted by Gasteiger charge is 2.11. The topological polar surface area (TPSA) is 49.3 Å². The molecule has 0 saturated carbocycles. The van der Waals surface area contributed by atoms with E-state index in [-0.39, 0.29) is 30.0 Å². The third kappa shape index (κ3) is 5.90. The van der Waals surface area contributed by atoms with Gasteiger partial charge in [0, 0.05) is 30.6 Å². The maximum atomic E-state index is 4.72. The zero-order valence-corrected chi connectivity index (χ0v) is 19.2. The van der Waals surface area contributed by atoms with Gasteiger partial charge < -0.3 is 10.6 Å². The van der Waals surface area contributed by atoms with Crippen molar-refractivity contribution in [2.75, 3.05) is 13.1 Å². The molecule has 2 aromatic carbocycles. The van der Waals surface area contributed by atoms with Gasteiger partial charge in [0.15, 0.2) is 5.96 Å². The number of hydrogen-bond acceptors (Lipinski definition) is 3. The van der Waals surface area contributed by atoms with Gasteiger partial charge in [-0.3, -0.25) is 4.99 Å². The zero-order chi connectivity index (χ0) is 18.4. The lowest BCUT2D eigenvalue weighted by Crippen LogP contribution is -2.39. The third-order valence-corrected chi connectivity index (χ3v) is 5.22. The van der Waals surface area contributed by atoms with Crippen LogP contribution in [0.3, 0.4) is 0 Å². The molecule has 0 bridgehead atoms. The van der Waals surface area contributed by atoms with Crippen molar-refractivity contribution in [2.45, 2.75) is 33.2 Å². The van der Waals surface area contributed by atoms with Gasteiger partial charge in [-0.15, -0.1) is 35.3 Å². The fourth-order valence-electron chi connectivity index (χ4n) is 3.01. The number of fused-ring (bicyclic) bond motifs is 1. The largest absolute Gasteiger partial charge is 0.357 e. The molecule has 1 unspecified atom stereocenters. The van der Waals surface area contributed by atoms with Crippen LogP contribution in [0.1, 0.15) is 35.3 Å². The Kier molecular flexibility index (Phi) is 8.50. The first kappa shape index (κ1) is 21.6. The van der Waals surface area contributed by atoms with Crippen LogP contribution >= 0.6 is 35.3 Å². The van der Waals surface area contributed by atoms with Crippen LogP contribution in [0, 0.1) is 6.92 Å². The Labute approximate surface area is 182 Å². The highest BCUT2D eigenvalue weighted by Crippen LogP contribution is 2.23. The van der Waals surface area contributed by atoms with Gasteiger partial charge in [-0.1, -0.05) is 42.5 Å². The number of hydrogen-bond donors (Lipinski definition) is 2. The quantitative estimate of drug-likeness (QED) is 0.286. The van der Waals surface area contributed by atoms with Gasteiger partial charge in [0.05, 0.1) is 11.0 Å². The number of benzene rings is 2. The van der Waals surface area contributed by atoms with E-state index in [2.05, 4.69) is 78.9 Å². The molecule has 1 atom stereocenters. The summed E-state index contributed by atoms with van der Waals surface area (Å²) in [6, 6.07) is 15.1. The number of aliphatic imine (C=N–C) groups is 1. The van der Waals surface area contributed by atoms with Crippen molar-refractivity contribution in [1.82, 2.24) is 15.6 Å². The summed E-state index contributed by atoms with van der Waals surface area (Å²) in [6.07, 6.45) is 2.80. The Hall–Kier alpha value is -1.67. The van der Waals surface area contributed by atoms with Crippen molar-refractivity contribution in [3.63, 3.8) is 0 Å². The molecule has 3 aromatic rings. The summed E-state index contributed by atoms with van der Waals surface area (Å²) in [5.41, 5.74) is 1.28. The minimum Gasteiger partial charge on any atom is -0.357 e. The van der Waals surface area contributed by atoms with Crippen molar-refractivity contribution in [3.8, 4) is 0 Å². The Morgan fingerprint density at radius 1 is 1.19 bits per heavy atom. The average Bonchev–Trinajstić information content (AvgIpc) is 3.06. The normalized spacial score (nSPS) is 12.5. The minimum atomic E-state index is 0. The Bertz CT molecular complexity index is 885. The van der Waals surface area contributed by atoms with E-state index in [0.717, 1.165) is 30.5 Å². The average molecular weight is 494 g/mol. The maximum Gasteiger partial charge on any atom is 0.191 e. The lowest BCUT2D eigenvalue weighted by Gasteiger charge is -2.19. The standard InChI is InChI=1S/C21H26N4S.HI/c1-4-22-21(23-13-12-20-24-14-15(2)26-20)25-16(3)18-11-7-9-17-8-5-6-10-19(17)18;/h5-11,14,16H,4,12-13H2,1-3H3,(H2,22,23,25);1H. The molecule has 4 nitrogen and oxygen atoms in total. The van der Waals surface area contributed by atoms with Gasteiger partial charge in [0.1, 0.15) is 0 Å². The molecule has 144 valence electrons. The first-order chi connectivity index (χ1) is 12.7. The highest BCUT2D eigenvalue weighted by atomic mass is 127. The summed E-state index contributed by atoms with van der Waals surface area (Å²) >= 11 is 1.74. The number of rotatable bonds is 6. The van der Waals surface area contributed by atoms with Crippen molar-refractivity contribution in [1.29, 1.82) is 0 Å². The molecule has 2 N–H and O–H groups in total. The number of aryl methyl sites for hydroxylation is 1. The van der Waals surface area contributed by atoms with Gasteiger partial charge >= 0.3 is 0 Å². The first-order valence-electron chi connectivity index (χ1n) is 9.11. The van der Waals surface area contributed by atoms with Crippen LogP contribution in [0.15, 0.2) is 53.7 Å². The molecule has 0 aliphatic rings. The van der Waals surface area contributed by atoms with E-state index in [0.29, 0.717) is 0 Å². The van der Waals surface area contributed by atoms with Gasteiger partial charge in [-0.25, -0.2) is 4.98 Å². The molecule has 27 heavy (non-hydrogen) atoms. The lowest BCUT2D eigenvalue weighted by molar-refractivity contribution is 0.691. The van der Waals surface area contributed by atoms with Crippen LogP contribution in [0.4, 0.5) is 0 Å². The zero-order valence-electron chi connectivity index (χ0n) is 16.0. The third-order valence-electron chi connectivity index (χ3n) is 4.25. The van der Waals surface area contributed by atoms with E-state index in [9.17, 15) is 0 Å². The molecule has 0 spiro atoms. The van der Waals surface area contributed by atoms with Crippen molar-refractivity contribution in [3.05, 3.63) is 64.1 Å². The van der Waals surface area contributed by atoms with Gasteiger partial charge in [0.2, 0.25) is 0 Å². The summed E-state index contributed by atoms with van der Waals surface area (Å²) in [4.78, 5) is 10.4. The van der Waals surface area contributed by atoms with Crippen molar-refractivity contribution in [2.24, 2.45) is 4.99 Å². The number of nitrogens with zero attached hydrogens (tertiary/aromatic N) is 2. The molecule has 1 aromatic heterocycles. The second-order valence-corrected chi connectivity index (χ2v) is 7.63. The van der Waals surface area contributed by atoms with Crippen LogP contribution < -0.4 is 10.6 Å². The molecule has 0 fully saturated rings. The molecule has 0 aliphatic carbocycles. The molecule has 3 rings (SSSR count). The Morgan fingerprint density at radius 2 is 1.96 bits per heavy atom. The molecular formula is C21H27IN4S. The summed E-state index contributed by atoms with van der Waals surface area (Å²) in [5.74, 6) is 0.848. The monoisotopic (exact) mass is 494 g/mol. The predicted molar refractivity (Wildman–Crippen MR) is 127 cm³/mol. The molecule has 0 amide bonds. The van der Waals surface area contributed by atoms with Gasteiger partial charge in [-0.05, 0) is 37.1 Å². The van der Waals surface area contributed by atoms with E-state index in [1.165, 1.54) is 21.2 Å². The molecule has 6 heteroatoms. The summed E-state index contributed by atoms with van der Waals surface area (Å²) in [6.45, 7) is 7.92. The Morgan fingerprint density at radius 3 is 2.70 bits per heavy atom. The molecular weight excluding hydrogens is 467 g/mol. The summed E-state index contributed by atoms with van der Waals surface area (Å²) < 4.78 is 0. The smallest absolute Gasteiger partial charge is 0.191 e. The summed E-state index contributed by atoms with van der Waals surface area (Å²) in [5, 5.41) is 10.6. The first-order valence-corrected chi connectivity index (χ1v) is 9.93. The van der Waals surface area contributed by atoms with E-state index in [4.69, 9.17) is 4.99 Å². The van der Waals surface area contributed by atoms with Crippen LogP contribution in [0.25, 0.3) is 10.8 Å². The van der Waals surface area contributed by atoms with E-state index in [1.807, 2.05) is 6.20 Å². The fraction of sp³-hybridized carbons (Fsp3) is 0.333. The SMILES string of the molecule is CCNC(=NCCc1ncc(C)s1)NC(C)c1cccc2ccccc12.I. The fourth-order valence-corrected chi connectivity index (χ4v) is 3.79. The van der Waals surface area contributed by atoms with Gasteiger partial charge in [0.25, 0.3) is 0 Å². The molecule has 0 radical (unpaired) electrons. The van der Waals surface area contributed by atoms with Crippen LogP contribution in [0.5, 0.6) is 0 Å². The Balaban J connectivity index is 0.00000261. The lowest BCUT2D eigenvalue weighted by atomic mass is 10.00. The van der Waals surface area contributed by atoms with E-state index >= 15 is 0 Å². The predicted octanol–water partition coefficient (Wildman–Crippen LogP) is 5.08. The van der Waals surface area contributed by atoms with Crippen molar-refractivity contribution < 1.29 is 0 Å². The number of guanidine groups is 1. The van der Waals surface area contributed by atoms with E-state index in [1.54, 1.807) is 11.3 Å². The maximum absolute atomic E-state index is 4.72. The molecule has 0 aliphatic heterocycles. The van der Waals surface area contributed by atoms with Crippen LogP contribution in [-0.4, -0.2) is 24.0 Å². The van der Waals surface area contributed by atoms with E-state index < -0.39 is 0 Å². The second-order valence-electron chi connectivity index (χ2n) is 6.31. The number of nitrogens with one attached hydrogen (secondary N) is 2. The molecule has 1 heterocycles.